The van der Waals surface area contributed by atoms with E-state index in [4.69, 9.17) is 5.73 Å². The first kappa shape index (κ1) is 12.9. The predicted molar refractivity (Wildman–Crippen MR) is 83.1 cm³/mol. The van der Waals surface area contributed by atoms with E-state index in [1.807, 2.05) is 37.3 Å². The van der Waals surface area contributed by atoms with Crippen molar-refractivity contribution >= 4 is 28.1 Å². The molecule has 0 saturated heterocycles. The Kier molecular flexibility index (Phi) is 3.13. The van der Waals surface area contributed by atoms with E-state index in [1.165, 1.54) is 6.33 Å². The first-order valence-electron chi connectivity index (χ1n) is 6.46. The molecule has 0 radical (unpaired) electrons. The fraction of sp³-hybridized carbons (Fsp3) is 0.0625. The molecular weight excluding hydrogens is 262 g/mol. The lowest BCUT2D eigenvalue weighted by molar-refractivity contribution is 1.22. The zero-order valence-electron chi connectivity index (χ0n) is 11.5. The molecule has 5 nitrogen and oxygen atoms in total. The molecule has 0 saturated carbocycles. The van der Waals surface area contributed by atoms with Gasteiger partial charge < -0.3 is 11.1 Å². The number of benzene rings is 2. The van der Waals surface area contributed by atoms with E-state index < -0.39 is 0 Å². The minimum Gasteiger partial charge on any atom is -0.399 e. The van der Waals surface area contributed by atoms with Crippen LogP contribution < -0.4 is 11.1 Å². The minimum atomic E-state index is 0.605. The topological polar surface area (TPSA) is 87.6 Å². The number of nitrogens with two attached hydrogens (primary N) is 1. The number of hydrogen-bond acceptors (Lipinski definition) is 5. The molecule has 5 heteroatoms. The fourth-order valence-electron chi connectivity index (χ4n) is 2.22. The molecular formula is C16H13N5. The van der Waals surface area contributed by atoms with Crippen LogP contribution in [0.15, 0.2) is 42.7 Å². The lowest BCUT2D eigenvalue weighted by Gasteiger charge is -2.11. The molecule has 1 heterocycles. The highest BCUT2D eigenvalue weighted by Crippen LogP contribution is 2.27. The molecule has 0 fully saturated rings. The number of aromatic nitrogens is 2. The van der Waals surface area contributed by atoms with E-state index in [1.54, 1.807) is 6.07 Å². The van der Waals surface area contributed by atoms with Gasteiger partial charge in [-0.15, -0.1) is 0 Å². The normalized spacial score (nSPS) is 10.3. The minimum absolute atomic E-state index is 0.605. The van der Waals surface area contributed by atoms with Gasteiger partial charge in [0.05, 0.1) is 16.8 Å². The van der Waals surface area contributed by atoms with Crippen LogP contribution in [0.5, 0.6) is 0 Å². The second-order valence-corrected chi connectivity index (χ2v) is 4.73. The molecule has 0 aliphatic rings. The maximum atomic E-state index is 9.29. The molecule has 3 N–H and O–H groups in total. The Hall–Kier alpha value is -3.13. The molecule has 102 valence electrons. The summed E-state index contributed by atoms with van der Waals surface area (Å²) in [7, 11) is 0. The summed E-state index contributed by atoms with van der Waals surface area (Å²) in [4.78, 5) is 8.47. The van der Waals surface area contributed by atoms with Gasteiger partial charge in [0.25, 0.3) is 0 Å². The number of nitrogens with one attached hydrogen (secondary N) is 1. The van der Waals surface area contributed by atoms with Gasteiger partial charge in [-0.1, -0.05) is 12.1 Å². The summed E-state index contributed by atoms with van der Waals surface area (Å²) in [5, 5.41) is 13.3. The third-order valence-electron chi connectivity index (χ3n) is 3.30. The van der Waals surface area contributed by atoms with Gasteiger partial charge in [0.15, 0.2) is 0 Å². The summed E-state index contributed by atoms with van der Waals surface area (Å²) in [6.45, 7) is 1.90. The first-order valence-corrected chi connectivity index (χ1v) is 6.46. The van der Waals surface area contributed by atoms with Crippen LogP contribution in [0.3, 0.4) is 0 Å². The van der Waals surface area contributed by atoms with Crippen molar-refractivity contribution in [3.05, 3.63) is 53.9 Å². The number of aryl methyl sites for hydroxylation is 1. The highest BCUT2D eigenvalue weighted by atomic mass is 15.0. The average molecular weight is 275 g/mol. The van der Waals surface area contributed by atoms with Crippen LogP contribution in [0.25, 0.3) is 10.9 Å². The van der Waals surface area contributed by atoms with Crippen LogP contribution in [0.2, 0.25) is 0 Å². The number of nitriles is 1. The molecule has 3 aromatic rings. The second-order valence-electron chi connectivity index (χ2n) is 4.73. The van der Waals surface area contributed by atoms with E-state index in [-0.39, 0.29) is 0 Å². The van der Waals surface area contributed by atoms with Crippen molar-refractivity contribution in [2.75, 3.05) is 11.1 Å². The van der Waals surface area contributed by atoms with Gasteiger partial charge in [-0.25, -0.2) is 9.97 Å². The van der Waals surface area contributed by atoms with E-state index in [2.05, 4.69) is 21.4 Å². The SMILES string of the molecule is Cc1cccc(Nc2ncnc3ccc(N)cc23)c1C#N. The van der Waals surface area contributed by atoms with Crippen molar-refractivity contribution in [1.82, 2.24) is 9.97 Å². The summed E-state index contributed by atoms with van der Waals surface area (Å²) in [5.41, 5.74) is 9.52. The zero-order chi connectivity index (χ0) is 14.8. The second kappa shape index (κ2) is 5.10. The largest absolute Gasteiger partial charge is 0.399 e. The van der Waals surface area contributed by atoms with E-state index in [0.29, 0.717) is 17.1 Å². The summed E-state index contributed by atoms with van der Waals surface area (Å²) >= 11 is 0. The summed E-state index contributed by atoms with van der Waals surface area (Å²) in [6, 6.07) is 13.3. The molecule has 0 unspecified atom stereocenters. The zero-order valence-corrected chi connectivity index (χ0v) is 11.5. The third kappa shape index (κ3) is 2.35. The number of anilines is 3. The van der Waals surface area contributed by atoms with Crippen molar-refractivity contribution in [2.45, 2.75) is 6.92 Å². The molecule has 21 heavy (non-hydrogen) atoms. The molecule has 1 aromatic heterocycles. The van der Waals surface area contributed by atoms with Crippen molar-refractivity contribution in [2.24, 2.45) is 0 Å². The maximum absolute atomic E-state index is 9.29. The average Bonchev–Trinajstić information content (AvgIpc) is 2.48. The Morgan fingerprint density at radius 2 is 2.05 bits per heavy atom. The van der Waals surface area contributed by atoms with Crippen LogP contribution in [-0.4, -0.2) is 9.97 Å². The van der Waals surface area contributed by atoms with Crippen molar-refractivity contribution in [1.29, 1.82) is 5.26 Å². The lowest BCUT2D eigenvalue weighted by atomic mass is 10.1. The first-order chi connectivity index (χ1) is 10.2. The summed E-state index contributed by atoms with van der Waals surface area (Å²) in [6.07, 6.45) is 1.49. The van der Waals surface area contributed by atoms with Crippen molar-refractivity contribution in [3.63, 3.8) is 0 Å². The predicted octanol–water partition coefficient (Wildman–Crippen LogP) is 3.14. The Bertz CT molecular complexity index is 864. The number of nitrogen functional groups attached to an aromatic ring is 1. The van der Waals surface area contributed by atoms with Crippen LogP contribution in [0.1, 0.15) is 11.1 Å². The van der Waals surface area contributed by atoms with E-state index in [9.17, 15) is 5.26 Å². The highest BCUT2D eigenvalue weighted by molar-refractivity contribution is 5.93. The van der Waals surface area contributed by atoms with Crippen LogP contribution in [0.4, 0.5) is 17.2 Å². The van der Waals surface area contributed by atoms with Gasteiger partial charge in [0.2, 0.25) is 0 Å². The van der Waals surface area contributed by atoms with Crippen LogP contribution in [0, 0.1) is 18.3 Å². The Morgan fingerprint density at radius 3 is 2.86 bits per heavy atom. The number of rotatable bonds is 2. The van der Waals surface area contributed by atoms with Gasteiger partial charge in [0.1, 0.15) is 18.2 Å². The van der Waals surface area contributed by atoms with Gasteiger partial charge in [-0.3, -0.25) is 0 Å². The van der Waals surface area contributed by atoms with Crippen molar-refractivity contribution < 1.29 is 0 Å². The number of nitrogens with zero attached hydrogens (tertiary/aromatic N) is 3. The van der Waals surface area contributed by atoms with Gasteiger partial charge in [-0.2, -0.15) is 5.26 Å². The fourth-order valence-corrected chi connectivity index (χ4v) is 2.22. The molecule has 0 bridgehead atoms. The van der Waals surface area contributed by atoms with Crippen molar-refractivity contribution in [3.8, 4) is 6.07 Å². The molecule has 0 spiro atoms. The Labute approximate surface area is 122 Å². The van der Waals surface area contributed by atoms with E-state index >= 15 is 0 Å². The van der Waals surface area contributed by atoms with E-state index in [0.717, 1.165) is 22.2 Å². The molecule has 0 amide bonds. The summed E-state index contributed by atoms with van der Waals surface area (Å²) < 4.78 is 0. The Morgan fingerprint density at radius 1 is 1.19 bits per heavy atom. The van der Waals surface area contributed by atoms with Crippen LogP contribution in [-0.2, 0) is 0 Å². The quantitative estimate of drug-likeness (QED) is 0.701. The monoisotopic (exact) mass is 275 g/mol. The maximum Gasteiger partial charge on any atom is 0.141 e. The van der Waals surface area contributed by atoms with Gasteiger partial charge in [0, 0.05) is 11.1 Å². The lowest BCUT2D eigenvalue weighted by Crippen LogP contribution is -1.99. The molecule has 0 aliphatic carbocycles. The smallest absolute Gasteiger partial charge is 0.141 e. The van der Waals surface area contributed by atoms with Crippen LogP contribution >= 0.6 is 0 Å². The van der Waals surface area contributed by atoms with Gasteiger partial charge >= 0.3 is 0 Å². The Balaban J connectivity index is 2.13. The molecule has 0 atom stereocenters. The standard InChI is InChI=1S/C16H13N5/c1-10-3-2-4-15(13(10)8-17)21-16-12-7-11(18)5-6-14(12)19-9-20-16/h2-7,9H,18H2,1H3,(H,19,20,21). The number of fused-ring (bicyclic) bond motifs is 1. The molecule has 2 aromatic carbocycles. The highest BCUT2D eigenvalue weighted by Gasteiger charge is 2.09. The molecule has 3 rings (SSSR count). The number of hydrogen-bond donors (Lipinski definition) is 2. The van der Waals surface area contributed by atoms with Gasteiger partial charge in [-0.05, 0) is 36.8 Å². The molecule has 0 aliphatic heterocycles. The summed E-state index contributed by atoms with van der Waals surface area (Å²) in [5.74, 6) is 0.634. The third-order valence-corrected chi connectivity index (χ3v) is 3.30.